The van der Waals surface area contributed by atoms with Crippen molar-refractivity contribution in [2.45, 2.75) is 63.7 Å². The SMILES string of the molecule is N#Cc1c(-c2ccc(NC(=O)OC3CCCC3)cc2)n(C2CCC2)c2cc(OC(F)F)ccc12. The summed E-state index contributed by atoms with van der Waals surface area (Å²) in [6, 6.07) is 14.5. The van der Waals surface area contributed by atoms with Gasteiger partial charge in [-0.05, 0) is 74.8 Å². The average Bonchev–Trinajstić information content (AvgIpc) is 3.39. The maximum absolute atomic E-state index is 12.8. The molecular formula is C26H25F2N3O3. The number of carbonyl (C=O) groups is 1. The Morgan fingerprint density at radius 2 is 1.79 bits per heavy atom. The smallest absolute Gasteiger partial charge is 0.411 e. The number of fused-ring (bicyclic) bond motifs is 1. The molecule has 1 N–H and O–H groups in total. The third-order valence-corrected chi connectivity index (χ3v) is 6.73. The van der Waals surface area contributed by atoms with Gasteiger partial charge >= 0.3 is 12.7 Å². The Hall–Kier alpha value is -3.60. The van der Waals surface area contributed by atoms with Crippen LogP contribution in [-0.2, 0) is 4.74 Å². The Morgan fingerprint density at radius 3 is 2.41 bits per heavy atom. The first-order valence-electron chi connectivity index (χ1n) is 11.6. The maximum atomic E-state index is 12.8. The lowest BCUT2D eigenvalue weighted by Gasteiger charge is -2.30. The predicted octanol–water partition coefficient (Wildman–Crippen LogP) is 7.00. The summed E-state index contributed by atoms with van der Waals surface area (Å²) in [5.41, 5.74) is 3.36. The third kappa shape index (κ3) is 4.30. The minimum Gasteiger partial charge on any atom is -0.446 e. The van der Waals surface area contributed by atoms with Crippen LogP contribution >= 0.6 is 0 Å². The average molecular weight is 466 g/mol. The highest BCUT2D eigenvalue weighted by Gasteiger charge is 2.28. The molecule has 3 aromatic rings. The van der Waals surface area contributed by atoms with E-state index in [1.54, 1.807) is 24.3 Å². The maximum Gasteiger partial charge on any atom is 0.411 e. The zero-order valence-corrected chi connectivity index (χ0v) is 18.6. The van der Waals surface area contributed by atoms with Crippen molar-refractivity contribution >= 4 is 22.7 Å². The Labute approximate surface area is 196 Å². The number of hydrogen-bond donors (Lipinski definition) is 1. The summed E-state index contributed by atoms with van der Waals surface area (Å²) in [6.07, 6.45) is 6.46. The van der Waals surface area contributed by atoms with E-state index in [1.807, 2.05) is 12.1 Å². The molecule has 2 saturated carbocycles. The molecule has 1 aromatic heterocycles. The van der Waals surface area contributed by atoms with E-state index in [9.17, 15) is 18.8 Å². The predicted molar refractivity (Wildman–Crippen MR) is 124 cm³/mol. The van der Waals surface area contributed by atoms with E-state index >= 15 is 0 Å². The van der Waals surface area contributed by atoms with E-state index in [4.69, 9.17) is 4.74 Å². The Morgan fingerprint density at radius 1 is 1.06 bits per heavy atom. The van der Waals surface area contributed by atoms with Crippen molar-refractivity contribution in [1.29, 1.82) is 5.26 Å². The monoisotopic (exact) mass is 465 g/mol. The number of hydrogen-bond acceptors (Lipinski definition) is 4. The van der Waals surface area contributed by atoms with Crippen LogP contribution < -0.4 is 10.1 Å². The summed E-state index contributed by atoms with van der Waals surface area (Å²) < 4.78 is 37.7. The van der Waals surface area contributed by atoms with Crippen LogP contribution in [0.5, 0.6) is 5.75 Å². The molecule has 0 saturated heterocycles. The fraction of sp³-hybridized carbons (Fsp3) is 0.385. The van der Waals surface area contributed by atoms with Gasteiger partial charge in [0.05, 0.1) is 16.8 Å². The lowest BCUT2D eigenvalue weighted by Crippen LogP contribution is -2.20. The van der Waals surface area contributed by atoms with Gasteiger partial charge in [-0.2, -0.15) is 14.0 Å². The highest BCUT2D eigenvalue weighted by molar-refractivity contribution is 5.96. The number of amides is 1. The first-order chi connectivity index (χ1) is 16.5. The Balaban J connectivity index is 1.48. The molecule has 6 nitrogen and oxygen atoms in total. The quantitative estimate of drug-likeness (QED) is 0.425. The first kappa shape index (κ1) is 22.2. The number of ether oxygens (including phenoxy) is 2. The number of carbonyl (C=O) groups excluding carboxylic acids is 1. The highest BCUT2D eigenvalue weighted by Crippen LogP contribution is 2.43. The number of aromatic nitrogens is 1. The van der Waals surface area contributed by atoms with Crippen LogP contribution in [0, 0.1) is 11.3 Å². The summed E-state index contributed by atoms with van der Waals surface area (Å²) in [4.78, 5) is 12.2. The van der Waals surface area contributed by atoms with E-state index in [1.165, 1.54) is 6.07 Å². The molecule has 0 aliphatic heterocycles. The molecule has 0 spiro atoms. The Bertz CT molecular complexity index is 1240. The molecule has 0 bridgehead atoms. The number of alkyl halides is 2. The van der Waals surface area contributed by atoms with Crippen LogP contribution in [0.2, 0.25) is 0 Å². The third-order valence-electron chi connectivity index (χ3n) is 6.73. The molecule has 2 fully saturated rings. The van der Waals surface area contributed by atoms with E-state index in [2.05, 4.69) is 20.7 Å². The Kier molecular flexibility index (Phi) is 6.10. The van der Waals surface area contributed by atoms with Crippen molar-refractivity contribution in [2.24, 2.45) is 0 Å². The number of nitrogens with one attached hydrogen (secondary N) is 1. The second-order valence-corrected chi connectivity index (χ2v) is 8.86. The minimum atomic E-state index is -2.92. The van der Waals surface area contributed by atoms with E-state index in [0.717, 1.165) is 56.2 Å². The topological polar surface area (TPSA) is 76.3 Å². The van der Waals surface area contributed by atoms with Crippen LogP contribution in [0.4, 0.5) is 19.3 Å². The van der Waals surface area contributed by atoms with Crippen LogP contribution in [0.25, 0.3) is 22.2 Å². The molecule has 2 aliphatic carbocycles. The molecule has 1 heterocycles. The number of halogens is 2. The lowest BCUT2D eigenvalue weighted by atomic mass is 9.92. The normalized spacial score (nSPS) is 16.4. The zero-order valence-electron chi connectivity index (χ0n) is 18.6. The molecule has 5 rings (SSSR count). The summed E-state index contributed by atoms with van der Waals surface area (Å²) in [5.74, 6) is 0.0666. The van der Waals surface area contributed by atoms with Gasteiger partial charge in [0, 0.05) is 23.2 Å². The van der Waals surface area contributed by atoms with Gasteiger partial charge in [-0.25, -0.2) is 4.79 Å². The van der Waals surface area contributed by atoms with Crippen LogP contribution in [-0.4, -0.2) is 23.4 Å². The molecule has 0 unspecified atom stereocenters. The molecule has 2 aromatic carbocycles. The second-order valence-electron chi connectivity index (χ2n) is 8.86. The van der Waals surface area contributed by atoms with Gasteiger partial charge < -0.3 is 14.0 Å². The van der Waals surface area contributed by atoms with Gasteiger partial charge in [0.2, 0.25) is 0 Å². The standard InChI is InChI=1S/C26H25F2N3O3/c27-25(28)33-20-12-13-21-22(15-29)24(31(23(21)14-20)18-4-3-5-18)16-8-10-17(11-9-16)30-26(32)34-19-6-1-2-7-19/h8-14,18-19,25H,1-7H2,(H,30,32). The molecule has 0 radical (unpaired) electrons. The largest absolute Gasteiger partial charge is 0.446 e. The number of anilines is 1. The van der Waals surface area contributed by atoms with Crippen LogP contribution in [0.3, 0.4) is 0 Å². The van der Waals surface area contributed by atoms with Gasteiger partial charge in [-0.15, -0.1) is 0 Å². The van der Waals surface area contributed by atoms with Gasteiger partial charge in [-0.1, -0.05) is 12.1 Å². The summed E-state index contributed by atoms with van der Waals surface area (Å²) in [6.45, 7) is -2.92. The fourth-order valence-corrected chi connectivity index (χ4v) is 4.90. The van der Waals surface area contributed by atoms with Gasteiger partial charge in [0.15, 0.2) is 0 Å². The number of nitriles is 1. The fourth-order valence-electron chi connectivity index (χ4n) is 4.90. The summed E-state index contributed by atoms with van der Waals surface area (Å²) >= 11 is 0. The van der Waals surface area contributed by atoms with Gasteiger partial charge in [0.1, 0.15) is 17.9 Å². The second kappa shape index (κ2) is 9.34. The molecular weight excluding hydrogens is 440 g/mol. The molecule has 34 heavy (non-hydrogen) atoms. The van der Waals surface area contributed by atoms with Crippen molar-refractivity contribution < 1.29 is 23.0 Å². The van der Waals surface area contributed by atoms with Gasteiger partial charge in [-0.3, -0.25) is 5.32 Å². The highest BCUT2D eigenvalue weighted by atomic mass is 19.3. The van der Waals surface area contributed by atoms with Crippen LogP contribution in [0.15, 0.2) is 42.5 Å². The van der Waals surface area contributed by atoms with E-state index in [0.29, 0.717) is 22.2 Å². The van der Waals surface area contributed by atoms with Crippen molar-refractivity contribution in [3.63, 3.8) is 0 Å². The van der Waals surface area contributed by atoms with Crippen molar-refractivity contribution in [3.8, 4) is 23.1 Å². The lowest BCUT2D eigenvalue weighted by molar-refractivity contribution is -0.0497. The van der Waals surface area contributed by atoms with E-state index in [-0.39, 0.29) is 17.9 Å². The first-order valence-corrected chi connectivity index (χ1v) is 11.6. The zero-order chi connectivity index (χ0) is 23.7. The van der Waals surface area contributed by atoms with Gasteiger partial charge in [0.25, 0.3) is 0 Å². The number of rotatable bonds is 6. The molecule has 0 atom stereocenters. The molecule has 1 amide bonds. The minimum absolute atomic E-state index is 0.0189. The molecule has 8 heteroatoms. The van der Waals surface area contributed by atoms with Crippen molar-refractivity contribution in [2.75, 3.05) is 5.32 Å². The number of benzene rings is 2. The number of nitrogens with zero attached hydrogens (tertiary/aromatic N) is 2. The van der Waals surface area contributed by atoms with Crippen LogP contribution in [0.1, 0.15) is 56.6 Å². The van der Waals surface area contributed by atoms with E-state index < -0.39 is 12.7 Å². The summed E-state index contributed by atoms with van der Waals surface area (Å²) in [5, 5.41) is 13.5. The molecule has 2 aliphatic rings. The summed E-state index contributed by atoms with van der Waals surface area (Å²) in [7, 11) is 0. The van der Waals surface area contributed by atoms with Crippen molar-refractivity contribution in [1.82, 2.24) is 4.57 Å². The molecule has 176 valence electrons. The van der Waals surface area contributed by atoms with Crippen molar-refractivity contribution in [3.05, 3.63) is 48.0 Å².